The maximum absolute atomic E-state index is 12.6. The Morgan fingerprint density at radius 2 is 1.83 bits per heavy atom. The van der Waals surface area contributed by atoms with Gasteiger partial charge in [0.1, 0.15) is 6.04 Å². The Morgan fingerprint density at radius 1 is 1.11 bits per heavy atom. The van der Waals surface area contributed by atoms with Gasteiger partial charge in [-0.25, -0.2) is 14.8 Å². The summed E-state index contributed by atoms with van der Waals surface area (Å²) in [4.78, 5) is 52.8. The monoisotopic (exact) mass is 522 g/mol. The van der Waals surface area contributed by atoms with Crippen LogP contribution in [0.3, 0.4) is 0 Å². The predicted molar refractivity (Wildman–Crippen MR) is 128 cm³/mol. The second-order valence-corrected chi connectivity index (χ2v) is 8.25. The Labute approximate surface area is 208 Å². The highest BCUT2D eigenvalue weighted by Gasteiger charge is 2.24. The summed E-state index contributed by atoms with van der Waals surface area (Å²) in [7, 11) is 1.71. The maximum Gasteiger partial charge on any atom is 0.326 e. The average molecular weight is 523 g/mol. The maximum atomic E-state index is 12.6. The summed E-state index contributed by atoms with van der Waals surface area (Å²) in [6.45, 7) is 0.227. The molecule has 0 aliphatic rings. The van der Waals surface area contributed by atoms with E-state index in [1.807, 2.05) is 0 Å². The van der Waals surface area contributed by atoms with E-state index in [1.165, 1.54) is 18.3 Å². The van der Waals surface area contributed by atoms with Crippen LogP contribution in [0.1, 0.15) is 28.9 Å². The number of aromatic nitrogens is 4. The zero-order valence-electron chi connectivity index (χ0n) is 18.2. The van der Waals surface area contributed by atoms with Gasteiger partial charge in [0, 0.05) is 13.5 Å². The van der Waals surface area contributed by atoms with Gasteiger partial charge in [-0.3, -0.25) is 9.59 Å². The fourth-order valence-corrected chi connectivity index (χ4v) is 3.70. The lowest BCUT2D eigenvalue weighted by atomic mass is 10.1. The zero-order valence-corrected chi connectivity index (χ0v) is 19.7. The van der Waals surface area contributed by atoms with Crippen LogP contribution < -0.4 is 21.7 Å². The van der Waals surface area contributed by atoms with Gasteiger partial charge in [0.25, 0.3) is 5.91 Å². The van der Waals surface area contributed by atoms with Crippen molar-refractivity contribution in [1.29, 1.82) is 0 Å². The molecule has 1 amide bonds. The Morgan fingerprint density at radius 3 is 2.49 bits per heavy atom. The van der Waals surface area contributed by atoms with E-state index >= 15 is 0 Å². The van der Waals surface area contributed by atoms with Crippen LogP contribution >= 0.6 is 23.2 Å². The van der Waals surface area contributed by atoms with Gasteiger partial charge in [-0.2, -0.15) is 9.97 Å². The lowest BCUT2D eigenvalue weighted by molar-refractivity contribution is -0.140. The number of fused-ring (bicyclic) bond motifs is 1. The quantitative estimate of drug-likeness (QED) is 0.271. The second kappa shape index (κ2) is 10.5. The summed E-state index contributed by atoms with van der Waals surface area (Å²) in [5.74, 6) is -3.29. The molecule has 0 aliphatic heterocycles. The van der Waals surface area contributed by atoms with Crippen molar-refractivity contribution in [3.63, 3.8) is 0 Å². The van der Waals surface area contributed by atoms with Crippen LogP contribution in [0, 0.1) is 0 Å². The summed E-state index contributed by atoms with van der Waals surface area (Å²) in [6.07, 6.45) is 0.765. The van der Waals surface area contributed by atoms with Crippen molar-refractivity contribution < 1.29 is 24.6 Å². The topological polar surface area (TPSA) is 211 Å². The third-order valence-electron chi connectivity index (χ3n) is 4.84. The third-order valence-corrected chi connectivity index (χ3v) is 5.46. The lowest BCUT2D eigenvalue weighted by Gasteiger charge is -2.22. The minimum Gasteiger partial charge on any atom is -0.481 e. The summed E-state index contributed by atoms with van der Waals surface area (Å²) in [5.41, 5.74) is 12.9. The van der Waals surface area contributed by atoms with Crippen LogP contribution in [0.2, 0.25) is 10.0 Å². The molecular formula is C20H20Cl2N8O5. The molecule has 0 fully saturated rings. The molecule has 0 radical (unpaired) electrons. The summed E-state index contributed by atoms with van der Waals surface area (Å²) in [5, 5.41) is 20.4. The van der Waals surface area contributed by atoms with Crippen LogP contribution in [-0.2, 0) is 16.1 Å². The van der Waals surface area contributed by atoms with Gasteiger partial charge >= 0.3 is 11.9 Å². The van der Waals surface area contributed by atoms with E-state index in [0.29, 0.717) is 11.4 Å². The van der Waals surface area contributed by atoms with Gasteiger partial charge in [0.2, 0.25) is 5.95 Å². The van der Waals surface area contributed by atoms with E-state index in [-0.39, 0.29) is 51.5 Å². The number of halogens is 2. The molecule has 35 heavy (non-hydrogen) atoms. The van der Waals surface area contributed by atoms with E-state index in [2.05, 4.69) is 25.3 Å². The Kier molecular flexibility index (Phi) is 7.71. The fourth-order valence-electron chi connectivity index (χ4n) is 3.15. The fraction of sp³-hybridized carbons (Fsp3) is 0.250. The van der Waals surface area contributed by atoms with E-state index < -0.39 is 30.3 Å². The number of hydrogen-bond donors (Lipinski definition) is 5. The first kappa shape index (κ1) is 25.6. The Balaban J connectivity index is 1.80. The molecule has 3 rings (SSSR count). The van der Waals surface area contributed by atoms with Gasteiger partial charge in [-0.1, -0.05) is 23.2 Å². The molecule has 2 aromatic heterocycles. The highest BCUT2D eigenvalue weighted by Crippen LogP contribution is 2.32. The minimum absolute atomic E-state index is 0.00818. The normalized spacial score (nSPS) is 11.7. The number of amides is 1. The minimum atomic E-state index is -1.41. The van der Waals surface area contributed by atoms with Gasteiger partial charge in [-0.05, 0) is 18.6 Å². The number of carboxylic acids is 2. The van der Waals surface area contributed by atoms with Crippen molar-refractivity contribution in [2.45, 2.75) is 25.4 Å². The molecule has 1 aromatic carbocycles. The molecule has 0 bridgehead atoms. The molecule has 0 spiro atoms. The van der Waals surface area contributed by atoms with Gasteiger partial charge < -0.3 is 31.9 Å². The average Bonchev–Trinajstić information content (AvgIpc) is 2.77. The molecule has 3 aromatic rings. The number of nitrogens with one attached hydrogen (secondary N) is 1. The molecule has 1 unspecified atom stereocenters. The summed E-state index contributed by atoms with van der Waals surface area (Å²) in [6, 6.07) is 1.33. The number of nitrogens with two attached hydrogens (primary N) is 2. The van der Waals surface area contributed by atoms with E-state index in [9.17, 15) is 19.5 Å². The summed E-state index contributed by atoms with van der Waals surface area (Å²) < 4.78 is 0. The standard InChI is InChI=1S/C20H20Cl2N8O5/c1-30(7-8-6-25-17-15(26-8)16(23)28-20(24)29-17)13-5-10(21)9(4-11(13)22)18(33)27-12(19(34)35)2-3-14(31)32/h4-6,12H,2-3,7H2,1H3,(H,27,33)(H,31,32)(H,34,35)(H4,23,24,25,28,29). The molecule has 13 nitrogen and oxygen atoms in total. The van der Waals surface area contributed by atoms with Crippen molar-refractivity contribution in [3.8, 4) is 0 Å². The number of nitrogen functional groups attached to an aromatic ring is 2. The van der Waals surface area contributed by atoms with Gasteiger partial charge in [-0.15, -0.1) is 0 Å². The molecule has 1 atom stereocenters. The van der Waals surface area contributed by atoms with Crippen molar-refractivity contribution in [2.75, 3.05) is 23.4 Å². The van der Waals surface area contributed by atoms with Crippen molar-refractivity contribution in [3.05, 3.63) is 39.6 Å². The van der Waals surface area contributed by atoms with Crippen LogP contribution in [0.5, 0.6) is 0 Å². The SMILES string of the molecule is CN(Cc1cnc2nc(N)nc(N)c2n1)c1cc(Cl)c(C(=O)NC(CCC(=O)O)C(=O)O)cc1Cl. The lowest BCUT2D eigenvalue weighted by Crippen LogP contribution is -2.41. The number of carbonyl (C=O) groups is 3. The number of hydrogen-bond acceptors (Lipinski definition) is 10. The Bertz CT molecular complexity index is 1320. The zero-order chi connectivity index (χ0) is 25.9. The molecule has 184 valence electrons. The van der Waals surface area contributed by atoms with Gasteiger partial charge in [0.05, 0.1) is 39.7 Å². The second-order valence-electron chi connectivity index (χ2n) is 7.44. The van der Waals surface area contributed by atoms with Gasteiger partial charge in [0.15, 0.2) is 17.0 Å². The molecule has 0 saturated heterocycles. The largest absolute Gasteiger partial charge is 0.481 e. The number of aliphatic carboxylic acids is 2. The number of rotatable bonds is 9. The van der Waals surface area contributed by atoms with E-state index in [1.54, 1.807) is 11.9 Å². The molecule has 2 heterocycles. The molecule has 0 saturated carbocycles. The molecule has 7 N–H and O–H groups in total. The number of anilines is 3. The number of nitrogens with zero attached hydrogens (tertiary/aromatic N) is 5. The van der Waals surface area contributed by atoms with Crippen molar-refractivity contribution in [2.24, 2.45) is 0 Å². The molecule has 0 aliphatic carbocycles. The first-order valence-corrected chi connectivity index (χ1v) is 10.7. The van der Waals surface area contributed by atoms with Crippen LogP contribution in [0.15, 0.2) is 18.3 Å². The van der Waals surface area contributed by atoms with E-state index in [0.717, 1.165) is 0 Å². The highest BCUT2D eigenvalue weighted by atomic mass is 35.5. The number of carboxylic acid groups (broad SMARTS) is 2. The number of carbonyl (C=O) groups excluding carboxylic acids is 1. The first-order valence-electron chi connectivity index (χ1n) is 9.96. The van der Waals surface area contributed by atoms with E-state index in [4.69, 9.17) is 39.8 Å². The van der Waals surface area contributed by atoms with Crippen LogP contribution in [-0.4, -0.2) is 61.1 Å². The Hall–Kier alpha value is -3.97. The molecular weight excluding hydrogens is 503 g/mol. The number of benzene rings is 1. The first-order chi connectivity index (χ1) is 16.5. The van der Waals surface area contributed by atoms with Crippen molar-refractivity contribution in [1.82, 2.24) is 25.3 Å². The van der Waals surface area contributed by atoms with Crippen molar-refractivity contribution >= 4 is 69.7 Å². The van der Waals surface area contributed by atoms with Crippen LogP contribution in [0.25, 0.3) is 11.2 Å². The highest BCUT2D eigenvalue weighted by molar-refractivity contribution is 6.37. The predicted octanol–water partition coefficient (Wildman–Crippen LogP) is 1.58. The third kappa shape index (κ3) is 6.13. The van der Waals surface area contributed by atoms with Crippen LogP contribution in [0.4, 0.5) is 17.5 Å². The smallest absolute Gasteiger partial charge is 0.326 e. The summed E-state index contributed by atoms with van der Waals surface area (Å²) >= 11 is 12.7. The molecule has 15 heteroatoms.